The lowest BCUT2D eigenvalue weighted by atomic mass is 9.65. The molecule has 232 valence electrons. The van der Waals surface area contributed by atoms with Gasteiger partial charge in [0.15, 0.2) is 0 Å². The summed E-state index contributed by atoms with van der Waals surface area (Å²) < 4.78 is 19.7. The van der Waals surface area contributed by atoms with Crippen LogP contribution in [-0.2, 0) is 5.41 Å². The lowest BCUT2D eigenvalue weighted by Crippen LogP contribution is -2.32. The Kier molecular flexibility index (Phi) is 6.00. The molecule has 8 aromatic rings. The SMILES string of the molecule is Cc1ccc(Oc2ccc3c4c(ccc3c2)C2(c3ccccc3-c3ccccc32)c2ccc3cc(Oc5ccccc5)ccc3c2O4)cc1. The van der Waals surface area contributed by atoms with Crippen molar-refractivity contribution in [2.24, 2.45) is 0 Å². The predicted octanol–water partition coefficient (Wildman–Crippen LogP) is 12.4. The van der Waals surface area contributed by atoms with Gasteiger partial charge in [0.1, 0.15) is 34.5 Å². The van der Waals surface area contributed by atoms with Gasteiger partial charge in [-0.25, -0.2) is 0 Å². The fourth-order valence-corrected chi connectivity index (χ4v) is 7.93. The number of benzene rings is 8. The van der Waals surface area contributed by atoms with Crippen LogP contribution in [0.15, 0.2) is 164 Å². The van der Waals surface area contributed by atoms with Crippen molar-refractivity contribution >= 4 is 21.5 Å². The van der Waals surface area contributed by atoms with Crippen molar-refractivity contribution in [3.8, 4) is 45.6 Å². The largest absolute Gasteiger partial charge is 0.457 e. The minimum absolute atomic E-state index is 0.561. The van der Waals surface area contributed by atoms with Gasteiger partial charge < -0.3 is 14.2 Å². The van der Waals surface area contributed by atoms with Gasteiger partial charge in [0.25, 0.3) is 0 Å². The standard InChI is InChI=1S/C46H30O3/c1-29-15-19-33(20-16-29)48-35-22-24-37-31(28-35)18-26-43-45(37)49-44-36-23-21-34(47-32-9-3-2-4-10-32)27-30(36)17-25-42(44)46(43)40-13-7-5-11-38(40)39-12-6-8-14-41(39)46/h2-28H,1H3. The van der Waals surface area contributed by atoms with Gasteiger partial charge in [0, 0.05) is 21.9 Å². The Morgan fingerprint density at radius 2 is 0.878 bits per heavy atom. The van der Waals surface area contributed by atoms with Crippen LogP contribution in [0.25, 0.3) is 32.7 Å². The molecule has 0 unspecified atom stereocenters. The molecule has 1 heterocycles. The third kappa shape index (κ3) is 4.15. The van der Waals surface area contributed by atoms with Crippen LogP contribution >= 0.6 is 0 Å². The van der Waals surface area contributed by atoms with E-state index < -0.39 is 5.41 Å². The maximum atomic E-state index is 7.17. The van der Waals surface area contributed by atoms with Gasteiger partial charge >= 0.3 is 0 Å². The van der Waals surface area contributed by atoms with Gasteiger partial charge in [0.2, 0.25) is 0 Å². The summed E-state index contributed by atoms with van der Waals surface area (Å²) in [7, 11) is 0. The molecule has 1 aliphatic heterocycles. The summed E-state index contributed by atoms with van der Waals surface area (Å²) in [5, 5.41) is 4.20. The number of hydrogen-bond acceptors (Lipinski definition) is 3. The van der Waals surface area contributed by atoms with E-state index in [1.54, 1.807) is 0 Å². The van der Waals surface area contributed by atoms with E-state index in [0.717, 1.165) is 67.2 Å². The van der Waals surface area contributed by atoms with E-state index in [0.29, 0.717) is 0 Å². The minimum Gasteiger partial charge on any atom is -0.457 e. The van der Waals surface area contributed by atoms with E-state index >= 15 is 0 Å². The molecule has 3 nitrogen and oxygen atoms in total. The topological polar surface area (TPSA) is 27.7 Å². The Hall–Kier alpha value is -6.32. The van der Waals surface area contributed by atoms with E-state index in [9.17, 15) is 0 Å². The zero-order valence-electron chi connectivity index (χ0n) is 26.8. The number of hydrogen-bond donors (Lipinski definition) is 0. The first-order chi connectivity index (χ1) is 24.2. The van der Waals surface area contributed by atoms with Gasteiger partial charge in [-0.2, -0.15) is 0 Å². The molecule has 0 saturated carbocycles. The van der Waals surface area contributed by atoms with Crippen molar-refractivity contribution in [3.05, 3.63) is 192 Å². The molecule has 10 rings (SSSR count). The Bertz CT molecular complexity index is 2540. The summed E-state index contributed by atoms with van der Waals surface area (Å²) in [5.41, 5.74) is 7.96. The molecular weight excluding hydrogens is 601 g/mol. The molecule has 8 aromatic carbocycles. The second-order valence-corrected chi connectivity index (χ2v) is 12.9. The van der Waals surface area contributed by atoms with E-state index in [-0.39, 0.29) is 0 Å². The average Bonchev–Trinajstić information content (AvgIpc) is 3.43. The van der Waals surface area contributed by atoms with Crippen molar-refractivity contribution in [3.63, 3.8) is 0 Å². The molecule has 0 amide bonds. The maximum absolute atomic E-state index is 7.17. The monoisotopic (exact) mass is 630 g/mol. The molecule has 1 aliphatic carbocycles. The van der Waals surface area contributed by atoms with Crippen LogP contribution in [0.3, 0.4) is 0 Å². The summed E-state index contributed by atoms with van der Waals surface area (Å²) in [6.45, 7) is 2.08. The van der Waals surface area contributed by atoms with Crippen molar-refractivity contribution in [2.75, 3.05) is 0 Å². The van der Waals surface area contributed by atoms with E-state index in [1.165, 1.54) is 27.8 Å². The third-order valence-electron chi connectivity index (χ3n) is 10.1. The van der Waals surface area contributed by atoms with Crippen LogP contribution in [0.2, 0.25) is 0 Å². The predicted molar refractivity (Wildman–Crippen MR) is 197 cm³/mol. The van der Waals surface area contributed by atoms with Gasteiger partial charge in [0.05, 0.1) is 5.41 Å². The number of aryl methyl sites for hydroxylation is 1. The molecule has 3 heteroatoms. The summed E-state index contributed by atoms with van der Waals surface area (Å²) in [6, 6.07) is 57.2. The summed E-state index contributed by atoms with van der Waals surface area (Å²) in [6.07, 6.45) is 0. The highest BCUT2D eigenvalue weighted by atomic mass is 16.5. The van der Waals surface area contributed by atoms with Gasteiger partial charge in [-0.1, -0.05) is 109 Å². The lowest BCUT2D eigenvalue weighted by molar-refractivity contribution is 0.447. The molecule has 0 bridgehead atoms. The van der Waals surface area contributed by atoms with Crippen LogP contribution in [0.5, 0.6) is 34.5 Å². The van der Waals surface area contributed by atoms with E-state index in [2.05, 4.69) is 116 Å². The first kappa shape index (κ1) is 27.8. The van der Waals surface area contributed by atoms with E-state index in [4.69, 9.17) is 14.2 Å². The summed E-state index contributed by atoms with van der Waals surface area (Å²) >= 11 is 0. The molecule has 0 aromatic heterocycles. The fraction of sp³-hybridized carbons (Fsp3) is 0.0435. The van der Waals surface area contributed by atoms with E-state index in [1.807, 2.05) is 54.6 Å². The second-order valence-electron chi connectivity index (χ2n) is 12.9. The van der Waals surface area contributed by atoms with Gasteiger partial charge in [-0.3, -0.25) is 0 Å². The van der Waals surface area contributed by atoms with Crippen LogP contribution in [0.4, 0.5) is 0 Å². The smallest absolute Gasteiger partial charge is 0.140 e. The molecular formula is C46H30O3. The zero-order chi connectivity index (χ0) is 32.5. The normalized spacial score (nSPS) is 13.3. The quantitative estimate of drug-likeness (QED) is 0.194. The highest BCUT2D eigenvalue weighted by Gasteiger charge is 2.51. The van der Waals surface area contributed by atoms with Crippen molar-refractivity contribution in [2.45, 2.75) is 12.3 Å². The highest BCUT2D eigenvalue weighted by molar-refractivity contribution is 6.00. The number of rotatable bonds is 4. The Morgan fingerprint density at radius 1 is 0.408 bits per heavy atom. The number of fused-ring (bicyclic) bond motifs is 13. The first-order valence-corrected chi connectivity index (χ1v) is 16.7. The summed E-state index contributed by atoms with van der Waals surface area (Å²) in [5.74, 6) is 4.93. The molecule has 0 atom stereocenters. The van der Waals surface area contributed by atoms with Crippen molar-refractivity contribution < 1.29 is 14.2 Å². The lowest BCUT2D eigenvalue weighted by Gasteiger charge is -2.40. The minimum atomic E-state index is -0.561. The Balaban J connectivity index is 1.21. The Morgan fingerprint density at radius 3 is 1.43 bits per heavy atom. The van der Waals surface area contributed by atoms with Gasteiger partial charge in [-0.05, 0) is 101 Å². The maximum Gasteiger partial charge on any atom is 0.140 e. The van der Waals surface area contributed by atoms with Crippen LogP contribution < -0.4 is 14.2 Å². The molecule has 49 heavy (non-hydrogen) atoms. The van der Waals surface area contributed by atoms with Crippen LogP contribution in [0.1, 0.15) is 27.8 Å². The van der Waals surface area contributed by atoms with Crippen LogP contribution in [0, 0.1) is 6.92 Å². The first-order valence-electron chi connectivity index (χ1n) is 16.7. The molecule has 0 saturated heterocycles. The molecule has 1 spiro atoms. The number of para-hydroxylation sites is 1. The third-order valence-corrected chi connectivity index (χ3v) is 10.1. The van der Waals surface area contributed by atoms with Crippen molar-refractivity contribution in [1.29, 1.82) is 0 Å². The molecule has 0 radical (unpaired) electrons. The second kappa shape index (κ2) is 10.6. The van der Waals surface area contributed by atoms with Gasteiger partial charge in [-0.15, -0.1) is 0 Å². The molecule has 0 N–H and O–H groups in total. The average molecular weight is 631 g/mol. The number of ether oxygens (including phenoxy) is 3. The molecule has 0 fully saturated rings. The Labute approximate surface area is 284 Å². The zero-order valence-corrected chi connectivity index (χ0v) is 26.8. The molecule has 2 aliphatic rings. The highest BCUT2D eigenvalue weighted by Crippen LogP contribution is 2.64. The summed E-state index contributed by atoms with van der Waals surface area (Å²) in [4.78, 5) is 0. The van der Waals surface area contributed by atoms with Crippen molar-refractivity contribution in [1.82, 2.24) is 0 Å². The fourth-order valence-electron chi connectivity index (χ4n) is 7.93. The van der Waals surface area contributed by atoms with Crippen LogP contribution in [-0.4, -0.2) is 0 Å².